The molecule has 0 saturated carbocycles. The molecule has 0 nitrogen and oxygen atoms in total. The normalized spacial score (nSPS) is 11.4. The van der Waals surface area contributed by atoms with E-state index in [9.17, 15) is 4.39 Å². The van der Waals surface area contributed by atoms with E-state index in [-0.39, 0.29) is 11.2 Å². The summed E-state index contributed by atoms with van der Waals surface area (Å²) < 4.78 is 13.6. The first-order valence-electron chi connectivity index (χ1n) is 4.33. The van der Waals surface area contributed by atoms with Gasteiger partial charge in [0.15, 0.2) is 0 Å². The maximum atomic E-state index is 12.7. The maximum absolute atomic E-state index is 12.7. The summed E-state index contributed by atoms with van der Waals surface area (Å²) in [7, 11) is 0. The summed E-state index contributed by atoms with van der Waals surface area (Å²) in [6.45, 7) is 4.11. The van der Waals surface area contributed by atoms with Crippen molar-refractivity contribution in [3.8, 4) is 0 Å². The van der Waals surface area contributed by atoms with E-state index in [0.717, 1.165) is 9.76 Å². The van der Waals surface area contributed by atoms with Gasteiger partial charge in [-0.2, -0.15) is 0 Å². The third-order valence-corrected chi connectivity index (χ3v) is 4.15. The Morgan fingerprint density at radius 2 is 1.79 bits per heavy atom. The van der Waals surface area contributed by atoms with Crippen LogP contribution >= 0.6 is 24.0 Å². The lowest BCUT2D eigenvalue weighted by Gasteiger charge is -2.25. The average Bonchev–Trinajstić information content (AvgIpc) is 2.17. The van der Waals surface area contributed by atoms with E-state index in [0.29, 0.717) is 0 Å². The molecule has 0 fully saturated rings. The zero-order valence-electron chi connectivity index (χ0n) is 8.50. The summed E-state index contributed by atoms with van der Waals surface area (Å²) in [6.07, 6.45) is 1.97. The summed E-state index contributed by atoms with van der Waals surface area (Å²) >= 11 is 6.84. The first kappa shape index (κ1) is 11.7. The second-order valence-corrected chi connectivity index (χ2v) is 5.11. The first-order chi connectivity index (χ1) is 6.48. The SMILES string of the molecule is CSC(=S)C(C)(C)c1ccc(F)cc1. The van der Waals surface area contributed by atoms with Gasteiger partial charge in [0, 0.05) is 5.41 Å². The summed E-state index contributed by atoms with van der Waals surface area (Å²) in [4.78, 5) is 0. The molecule has 1 aromatic carbocycles. The van der Waals surface area contributed by atoms with Gasteiger partial charge in [-0.15, -0.1) is 11.8 Å². The number of rotatable bonds is 2. The average molecular weight is 228 g/mol. The first-order valence-corrected chi connectivity index (χ1v) is 5.96. The Labute approximate surface area is 93.9 Å². The zero-order chi connectivity index (χ0) is 10.8. The zero-order valence-corrected chi connectivity index (χ0v) is 10.1. The third-order valence-electron chi connectivity index (χ3n) is 2.26. The van der Waals surface area contributed by atoms with Gasteiger partial charge in [0.25, 0.3) is 0 Å². The van der Waals surface area contributed by atoms with E-state index in [4.69, 9.17) is 12.2 Å². The number of hydrogen-bond donors (Lipinski definition) is 0. The number of halogens is 1. The second kappa shape index (κ2) is 4.41. The fourth-order valence-corrected chi connectivity index (χ4v) is 1.99. The Balaban J connectivity index is 3.03. The van der Waals surface area contributed by atoms with Crippen LogP contribution in [0.4, 0.5) is 4.39 Å². The monoisotopic (exact) mass is 228 g/mol. The minimum Gasteiger partial charge on any atom is -0.207 e. The Kier molecular flexibility index (Phi) is 3.67. The number of thioether (sulfide) groups is 1. The van der Waals surface area contributed by atoms with Crippen molar-refractivity contribution in [1.29, 1.82) is 0 Å². The summed E-state index contributed by atoms with van der Waals surface area (Å²) in [5, 5.41) is 0. The molecule has 0 amide bonds. The molecular weight excluding hydrogens is 215 g/mol. The number of thiocarbonyl (C=S) groups is 1. The van der Waals surface area contributed by atoms with Crippen LogP contribution in [0.2, 0.25) is 0 Å². The van der Waals surface area contributed by atoms with E-state index < -0.39 is 0 Å². The predicted octanol–water partition coefficient (Wildman–Crippen LogP) is 3.79. The Hall–Kier alpha value is -0.410. The molecule has 0 N–H and O–H groups in total. The van der Waals surface area contributed by atoms with Crippen LogP contribution in [0.5, 0.6) is 0 Å². The largest absolute Gasteiger partial charge is 0.207 e. The van der Waals surface area contributed by atoms with Gasteiger partial charge in [0.1, 0.15) is 5.82 Å². The molecule has 1 aromatic rings. The highest BCUT2D eigenvalue weighted by atomic mass is 32.2. The van der Waals surface area contributed by atoms with Crippen LogP contribution in [0.1, 0.15) is 19.4 Å². The molecule has 0 aliphatic rings. The molecule has 0 bridgehead atoms. The highest BCUT2D eigenvalue weighted by molar-refractivity contribution is 8.22. The van der Waals surface area contributed by atoms with E-state index in [1.165, 1.54) is 12.1 Å². The van der Waals surface area contributed by atoms with Gasteiger partial charge in [-0.25, -0.2) is 4.39 Å². The van der Waals surface area contributed by atoms with Crippen molar-refractivity contribution in [3.63, 3.8) is 0 Å². The van der Waals surface area contributed by atoms with Gasteiger partial charge < -0.3 is 0 Å². The van der Waals surface area contributed by atoms with Crippen LogP contribution in [0.15, 0.2) is 24.3 Å². The lowest BCUT2D eigenvalue weighted by Crippen LogP contribution is -2.24. The molecule has 76 valence electrons. The summed E-state index contributed by atoms with van der Waals surface area (Å²) in [6, 6.07) is 6.52. The topological polar surface area (TPSA) is 0 Å². The van der Waals surface area contributed by atoms with Crippen molar-refractivity contribution in [2.24, 2.45) is 0 Å². The van der Waals surface area contributed by atoms with E-state index >= 15 is 0 Å². The molecule has 0 spiro atoms. The third kappa shape index (κ3) is 2.34. The highest BCUT2D eigenvalue weighted by Crippen LogP contribution is 2.29. The Bertz CT molecular complexity index is 328. The summed E-state index contributed by atoms with van der Waals surface area (Å²) in [5.41, 5.74) is 0.876. The molecule has 0 unspecified atom stereocenters. The summed E-state index contributed by atoms with van der Waals surface area (Å²) in [5.74, 6) is -0.209. The fraction of sp³-hybridized carbons (Fsp3) is 0.364. The van der Waals surface area contributed by atoms with Crippen molar-refractivity contribution in [2.45, 2.75) is 19.3 Å². The molecule has 0 radical (unpaired) electrons. The number of benzene rings is 1. The van der Waals surface area contributed by atoms with Crippen molar-refractivity contribution >= 4 is 28.2 Å². The minimum absolute atomic E-state index is 0.178. The number of hydrogen-bond acceptors (Lipinski definition) is 2. The molecule has 0 heterocycles. The van der Waals surface area contributed by atoms with Crippen LogP contribution < -0.4 is 0 Å². The predicted molar refractivity (Wildman–Crippen MR) is 65.5 cm³/mol. The smallest absolute Gasteiger partial charge is 0.123 e. The van der Waals surface area contributed by atoms with Crippen LogP contribution in [-0.4, -0.2) is 10.5 Å². The minimum atomic E-state index is -0.209. The van der Waals surface area contributed by atoms with Gasteiger partial charge in [-0.05, 0) is 24.0 Å². The van der Waals surface area contributed by atoms with Crippen molar-refractivity contribution in [3.05, 3.63) is 35.6 Å². The fourth-order valence-electron chi connectivity index (χ4n) is 1.24. The maximum Gasteiger partial charge on any atom is 0.123 e. The van der Waals surface area contributed by atoms with Crippen molar-refractivity contribution in [1.82, 2.24) is 0 Å². The molecule has 0 aliphatic carbocycles. The van der Waals surface area contributed by atoms with Gasteiger partial charge in [0.05, 0.1) is 4.20 Å². The standard InChI is InChI=1S/C11H13FS2/c1-11(2,10(13)14-3)8-4-6-9(12)7-5-8/h4-7H,1-3H3. The lowest BCUT2D eigenvalue weighted by atomic mass is 9.87. The van der Waals surface area contributed by atoms with Gasteiger partial charge in [-0.1, -0.05) is 38.2 Å². The van der Waals surface area contributed by atoms with E-state index in [1.54, 1.807) is 23.9 Å². The Morgan fingerprint density at radius 1 is 1.29 bits per heavy atom. The van der Waals surface area contributed by atoms with Crippen molar-refractivity contribution < 1.29 is 4.39 Å². The molecule has 0 atom stereocenters. The molecule has 3 heteroatoms. The molecular formula is C11H13FS2. The second-order valence-electron chi connectivity index (χ2n) is 3.62. The van der Waals surface area contributed by atoms with Gasteiger partial charge in [0.2, 0.25) is 0 Å². The molecule has 1 rings (SSSR count). The van der Waals surface area contributed by atoms with Crippen molar-refractivity contribution in [2.75, 3.05) is 6.26 Å². The van der Waals surface area contributed by atoms with Gasteiger partial charge in [-0.3, -0.25) is 0 Å². The highest BCUT2D eigenvalue weighted by Gasteiger charge is 2.25. The van der Waals surface area contributed by atoms with Crippen LogP contribution in [0.3, 0.4) is 0 Å². The van der Waals surface area contributed by atoms with Crippen LogP contribution in [-0.2, 0) is 5.41 Å². The quantitative estimate of drug-likeness (QED) is 0.706. The molecule has 0 saturated heterocycles. The van der Waals surface area contributed by atoms with Crippen LogP contribution in [0, 0.1) is 5.82 Å². The Morgan fingerprint density at radius 3 is 2.21 bits per heavy atom. The van der Waals surface area contributed by atoms with E-state index in [2.05, 4.69) is 13.8 Å². The molecule has 14 heavy (non-hydrogen) atoms. The lowest BCUT2D eigenvalue weighted by molar-refractivity contribution is 0.624. The molecule has 0 aliphatic heterocycles. The van der Waals surface area contributed by atoms with E-state index in [1.807, 2.05) is 6.26 Å². The van der Waals surface area contributed by atoms with Crippen LogP contribution in [0.25, 0.3) is 0 Å². The van der Waals surface area contributed by atoms with Gasteiger partial charge >= 0.3 is 0 Å². The molecule has 0 aromatic heterocycles.